The number of nitrogens with zero attached hydrogens (tertiary/aromatic N) is 1. The maximum absolute atomic E-state index is 12.4. The molecule has 0 aliphatic carbocycles. The zero-order valence-corrected chi connectivity index (χ0v) is 16.1. The van der Waals surface area contributed by atoms with Crippen molar-refractivity contribution in [3.63, 3.8) is 0 Å². The van der Waals surface area contributed by atoms with Crippen LogP contribution in [-0.4, -0.2) is 32.7 Å². The number of aromatic hydroxyl groups is 1. The van der Waals surface area contributed by atoms with E-state index in [0.29, 0.717) is 11.4 Å². The highest BCUT2D eigenvalue weighted by Crippen LogP contribution is 2.23. The molecular formula is C20H17ClN4O4. The number of H-pyrrole nitrogens is 1. The molecule has 8 nitrogen and oxygen atoms in total. The number of amides is 2. The lowest BCUT2D eigenvalue weighted by Crippen LogP contribution is -2.16. The number of hydrogen-bond donors (Lipinski definition) is 4. The number of aromatic nitrogens is 2. The fourth-order valence-electron chi connectivity index (χ4n) is 2.56. The Morgan fingerprint density at radius 1 is 1.03 bits per heavy atom. The summed E-state index contributed by atoms with van der Waals surface area (Å²) in [5.74, 6) is -1.29. The Morgan fingerprint density at radius 3 is 2.28 bits per heavy atom. The van der Waals surface area contributed by atoms with E-state index in [1.807, 2.05) is 0 Å². The first kappa shape index (κ1) is 20.1. The number of Topliss-reactive ketones (excluding diaryl/α,β-unsaturated/α-hetero) is 1. The van der Waals surface area contributed by atoms with E-state index in [2.05, 4.69) is 20.6 Å². The molecule has 0 aliphatic heterocycles. The average molecular weight is 413 g/mol. The van der Waals surface area contributed by atoms with Crippen LogP contribution < -0.4 is 10.6 Å². The summed E-state index contributed by atoms with van der Waals surface area (Å²) in [5, 5.41) is 15.0. The third-order valence-corrected chi connectivity index (χ3v) is 4.38. The summed E-state index contributed by atoms with van der Waals surface area (Å²) >= 11 is 5.98. The lowest BCUT2D eigenvalue weighted by molar-refractivity contribution is 0.0963. The second-order valence-corrected chi connectivity index (χ2v) is 6.46. The van der Waals surface area contributed by atoms with Gasteiger partial charge in [0.1, 0.15) is 17.1 Å². The smallest absolute Gasteiger partial charge is 0.274 e. The first-order valence-corrected chi connectivity index (χ1v) is 9.04. The fraction of sp³-hybridized carbons (Fsp3) is 0.100. The summed E-state index contributed by atoms with van der Waals surface area (Å²) in [5.41, 5.74) is 1.25. The van der Waals surface area contributed by atoms with Crippen LogP contribution >= 0.6 is 11.6 Å². The molecule has 9 heteroatoms. The second kappa shape index (κ2) is 8.57. The van der Waals surface area contributed by atoms with E-state index in [9.17, 15) is 19.5 Å². The third-order valence-electron chi connectivity index (χ3n) is 4.05. The standard InChI is InChI=1S/C20H17ClN4O4/c1-2-16(27)17-18(23-10-22-17)20(29)25-12-5-3-11(4-6-12)24-19(28)14-9-13(26)7-8-15(14)21/h3-10,26H,2H2,1H3,(H,22,23)(H,24,28)(H,25,29). The number of phenols is 1. The summed E-state index contributed by atoms with van der Waals surface area (Å²) in [6.45, 7) is 1.69. The number of phenolic OH excluding ortho intramolecular Hbond substituents is 1. The van der Waals surface area contributed by atoms with Gasteiger partial charge in [0.15, 0.2) is 5.78 Å². The Balaban J connectivity index is 1.68. The molecule has 3 rings (SSSR count). The van der Waals surface area contributed by atoms with Gasteiger partial charge in [0.05, 0.1) is 16.9 Å². The van der Waals surface area contributed by atoms with Gasteiger partial charge in [-0.15, -0.1) is 0 Å². The molecule has 29 heavy (non-hydrogen) atoms. The van der Waals surface area contributed by atoms with Gasteiger partial charge in [0.25, 0.3) is 11.8 Å². The lowest BCUT2D eigenvalue weighted by atomic mass is 10.1. The summed E-state index contributed by atoms with van der Waals surface area (Å²) in [4.78, 5) is 43.1. The fourth-order valence-corrected chi connectivity index (χ4v) is 2.77. The predicted octanol–water partition coefficient (Wildman–Crippen LogP) is 3.87. The number of imidazole rings is 1. The van der Waals surface area contributed by atoms with Gasteiger partial charge < -0.3 is 20.7 Å². The third kappa shape index (κ3) is 4.61. The highest BCUT2D eigenvalue weighted by Gasteiger charge is 2.19. The minimum absolute atomic E-state index is 0.0719. The molecule has 0 saturated heterocycles. The first-order chi connectivity index (χ1) is 13.9. The summed E-state index contributed by atoms with van der Waals surface area (Å²) < 4.78 is 0. The monoisotopic (exact) mass is 412 g/mol. The van der Waals surface area contributed by atoms with Gasteiger partial charge in [-0.1, -0.05) is 18.5 Å². The van der Waals surface area contributed by atoms with Gasteiger partial charge >= 0.3 is 0 Å². The van der Waals surface area contributed by atoms with Crippen LogP contribution in [0.4, 0.5) is 11.4 Å². The van der Waals surface area contributed by atoms with Crippen molar-refractivity contribution in [2.45, 2.75) is 13.3 Å². The van der Waals surface area contributed by atoms with Crippen molar-refractivity contribution in [1.29, 1.82) is 0 Å². The van der Waals surface area contributed by atoms with Gasteiger partial charge in [-0.05, 0) is 42.5 Å². The van der Waals surface area contributed by atoms with Gasteiger partial charge in [-0.25, -0.2) is 4.98 Å². The van der Waals surface area contributed by atoms with Gasteiger partial charge in [0, 0.05) is 17.8 Å². The van der Waals surface area contributed by atoms with Crippen molar-refractivity contribution in [3.8, 4) is 5.75 Å². The molecule has 4 N–H and O–H groups in total. The number of benzene rings is 2. The van der Waals surface area contributed by atoms with E-state index in [1.54, 1.807) is 31.2 Å². The van der Waals surface area contributed by atoms with E-state index in [-0.39, 0.29) is 39.9 Å². The molecule has 2 amide bonds. The Kier molecular flexibility index (Phi) is 5.94. The molecule has 2 aromatic carbocycles. The van der Waals surface area contributed by atoms with Crippen LogP contribution in [0.5, 0.6) is 5.75 Å². The number of ketones is 1. The van der Waals surface area contributed by atoms with Crippen molar-refractivity contribution in [2.24, 2.45) is 0 Å². The molecule has 3 aromatic rings. The maximum Gasteiger partial charge on any atom is 0.274 e. The van der Waals surface area contributed by atoms with Crippen LogP contribution in [0.3, 0.4) is 0 Å². The molecule has 0 radical (unpaired) electrons. The van der Waals surface area contributed by atoms with Crippen LogP contribution in [-0.2, 0) is 0 Å². The van der Waals surface area contributed by atoms with E-state index in [4.69, 9.17) is 11.6 Å². The van der Waals surface area contributed by atoms with E-state index >= 15 is 0 Å². The van der Waals surface area contributed by atoms with Crippen LogP contribution in [0.15, 0.2) is 48.8 Å². The molecule has 1 aromatic heterocycles. The molecule has 0 unspecified atom stereocenters. The Morgan fingerprint density at radius 2 is 1.66 bits per heavy atom. The predicted molar refractivity (Wildman–Crippen MR) is 109 cm³/mol. The largest absolute Gasteiger partial charge is 0.508 e. The lowest BCUT2D eigenvalue weighted by Gasteiger charge is -2.09. The summed E-state index contributed by atoms with van der Waals surface area (Å²) in [6.07, 6.45) is 1.53. The molecule has 148 valence electrons. The number of carbonyl (C=O) groups excluding carboxylic acids is 3. The van der Waals surface area contributed by atoms with E-state index in [1.165, 1.54) is 24.5 Å². The highest BCUT2D eigenvalue weighted by molar-refractivity contribution is 6.34. The van der Waals surface area contributed by atoms with Crippen molar-refractivity contribution >= 4 is 40.6 Å². The minimum Gasteiger partial charge on any atom is -0.508 e. The highest BCUT2D eigenvalue weighted by atomic mass is 35.5. The maximum atomic E-state index is 12.4. The molecule has 0 atom stereocenters. The first-order valence-electron chi connectivity index (χ1n) is 8.67. The zero-order valence-electron chi connectivity index (χ0n) is 15.3. The van der Waals surface area contributed by atoms with Gasteiger partial charge in [-0.3, -0.25) is 14.4 Å². The second-order valence-electron chi connectivity index (χ2n) is 6.05. The van der Waals surface area contributed by atoms with Crippen molar-refractivity contribution in [3.05, 3.63) is 70.8 Å². The zero-order chi connectivity index (χ0) is 21.0. The van der Waals surface area contributed by atoms with Crippen molar-refractivity contribution in [1.82, 2.24) is 9.97 Å². The van der Waals surface area contributed by atoms with Crippen LogP contribution in [0.25, 0.3) is 0 Å². The Hall–Kier alpha value is -3.65. The number of carbonyl (C=O) groups is 3. The number of anilines is 2. The topological polar surface area (TPSA) is 124 Å². The molecular weight excluding hydrogens is 396 g/mol. The molecule has 0 aliphatic rings. The van der Waals surface area contributed by atoms with Gasteiger partial charge in [-0.2, -0.15) is 0 Å². The number of halogens is 1. The van der Waals surface area contributed by atoms with Crippen LogP contribution in [0, 0.1) is 0 Å². The van der Waals surface area contributed by atoms with E-state index < -0.39 is 11.8 Å². The van der Waals surface area contributed by atoms with E-state index in [0.717, 1.165) is 0 Å². The number of hydrogen-bond acceptors (Lipinski definition) is 5. The van der Waals surface area contributed by atoms with Gasteiger partial charge in [0.2, 0.25) is 0 Å². The molecule has 0 spiro atoms. The molecule has 0 bridgehead atoms. The molecule has 0 saturated carbocycles. The normalized spacial score (nSPS) is 10.4. The molecule has 0 fully saturated rings. The Bertz CT molecular complexity index is 1080. The number of aromatic amines is 1. The number of rotatable bonds is 6. The van der Waals surface area contributed by atoms with Crippen molar-refractivity contribution in [2.75, 3.05) is 10.6 Å². The quantitative estimate of drug-likeness (QED) is 0.457. The average Bonchev–Trinajstić information content (AvgIpc) is 3.20. The SMILES string of the molecule is CCC(=O)c1nc[nH]c1C(=O)Nc1ccc(NC(=O)c2cc(O)ccc2Cl)cc1. The Labute approximate surface area is 170 Å². The number of nitrogens with one attached hydrogen (secondary N) is 3. The minimum atomic E-state index is -0.498. The summed E-state index contributed by atoms with van der Waals surface area (Å²) in [7, 11) is 0. The summed E-state index contributed by atoms with van der Waals surface area (Å²) in [6, 6.07) is 10.5. The van der Waals surface area contributed by atoms with Crippen LogP contribution in [0.1, 0.15) is 44.7 Å². The molecule has 1 heterocycles. The van der Waals surface area contributed by atoms with Crippen molar-refractivity contribution < 1.29 is 19.5 Å². The van der Waals surface area contributed by atoms with Crippen LogP contribution in [0.2, 0.25) is 5.02 Å².